The van der Waals surface area contributed by atoms with E-state index in [0.717, 1.165) is 63.6 Å². The fraction of sp³-hybridized carbons (Fsp3) is 0.500. The summed E-state index contributed by atoms with van der Waals surface area (Å²) in [6.07, 6.45) is 3.73. The van der Waals surface area contributed by atoms with Crippen LogP contribution in [0.15, 0.2) is 47.3 Å². The third-order valence-electron chi connectivity index (χ3n) is 6.65. The van der Waals surface area contributed by atoms with Crippen molar-refractivity contribution in [1.82, 2.24) is 15.2 Å². The molecule has 1 aliphatic heterocycles. The van der Waals surface area contributed by atoms with Gasteiger partial charge in [-0.05, 0) is 62.9 Å². The Balaban J connectivity index is 1.08. The highest BCUT2D eigenvalue weighted by Gasteiger charge is 2.19. The van der Waals surface area contributed by atoms with E-state index in [0.29, 0.717) is 28.2 Å². The quantitative estimate of drug-likeness (QED) is 0.294. The summed E-state index contributed by atoms with van der Waals surface area (Å²) in [6.45, 7) is 6.08. The second kappa shape index (κ2) is 12.5. The van der Waals surface area contributed by atoms with Crippen molar-refractivity contribution in [3.05, 3.63) is 63.3 Å². The van der Waals surface area contributed by atoms with Crippen molar-refractivity contribution in [2.24, 2.45) is 5.92 Å². The Morgan fingerprint density at radius 2 is 1.94 bits per heavy atom. The van der Waals surface area contributed by atoms with Crippen LogP contribution >= 0.6 is 11.3 Å². The predicted octanol–water partition coefficient (Wildman–Crippen LogP) is 3.28. The van der Waals surface area contributed by atoms with Gasteiger partial charge in [0.05, 0.1) is 24.0 Å². The van der Waals surface area contributed by atoms with Crippen molar-refractivity contribution < 1.29 is 14.9 Å². The Hall–Kier alpha value is -2.23. The summed E-state index contributed by atoms with van der Waals surface area (Å²) in [7, 11) is 0. The van der Waals surface area contributed by atoms with Gasteiger partial charge in [0, 0.05) is 18.7 Å². The lowest BCUT2D eigenvalue weighted by atomic mass is 9.93. The lowest BCUT2D eigenvalue weighted by Crippen LogP contribution is -2.37. The first-order valence-corrected chi connectivity index (χ1v) is 13.0. The number of hydrogen-bond acceptors (Lipinski definition) is 7. The average molecular weight is 486 g/mol. The second-order valence-corrected chi connectivity index (χ2v) is 10.0. The molecule has 184 valence electrons. The zero-order valence-electron chi connectivity index (χ0n) is 19.5. The molecule has 1 aliphatic rings. The topological polar surface area (TPSA) is 97.8 Å². The largest absolute Gasteiger partial charge is 0.506 e. The van der Waals surface area contributed by atoms with Crippen LogP contribution in [-0.2, 0) is 11.2 Å². The molecule has 4 N–H and O–H groups in total. The van der Waals surface area contributed by atoms with Gasteiger partial charge in [0.2, 0.25) is 0 Å². The van der Waals surface area contributed by atoms with E-state index in [4.69, 9.17) is 4.74 Å². The van der Waals surface area contributed by atoms with Crippen molar-refractivity contribution in [1.29, 1.82) is 0 Å². The van der Waals surface area contributed by atoms with E-state index in [-0.39, 0.29) is 10.6 Å². The Bertz CT molecular complexity index is 1080. The predicted molar refractivity (Wildman–Crippen MR) is 137 cm³/mol. The van der Waals surface area contributed by atoms with Gasteiger partial charge in [0.1, 0.15) is 11.3 Å². The van der Waals surface area contributed by atoms with Crippen LogP contribution in [-0.4, -0.2) is 66.0 Å². The van der Waals surface area contributed by atoms with Crippen LogP contribution in [0.2, 0.25) is 0 Å². The van der Waals surface area contributed by atoms with Crippen LogP contribution in [0.1, 0.15) is 36.5 Å². The molecule has 1 atom stereocenters. The number of aromatic hydroxyl groups is 1. The van der Waals surface area contributed by atoms with E-state index in [1.54, 1.807) is 6.07 Å². The number of thiazole rings is 1. The number of fused-ring (bicyclic) bond motifs is 1. The molecule has 34 heavy (non-hydrogen) atoms. The number of piperidine rings is 1. The normalized spacial score (nSPS) is 16.3. The molecule has 0 bridgehead atoms. The SMILES string of the molecule is O=c1[nH]c2c(O)ccc([C@@H](O)CNCCC3CCN(CCOCCc4ccccc4)CC3)c2s1. The van der Waals surface area contributed by atoms with Crippen LogP contribution in [0.5, 0.6) is 5.75 Å². The molecule has 7 nitrogen and oxygen atoms in total. The average Bonchev–Trinajstić information content (AvgIpc) is 3.25. The standard InChI is InChI=1S/C26H35N3O4S/c30-22-7-6-21(25-24(22)28-26(32)34-25)23(31)18-27-12-8-20-9-13-29(14-10-20)15-17-33-16-11-19-4-2-1-3-5-19/h1-7,20,23,27,30-31H,8-18H2,(H,28,32)/t23-/m0/s1. The van der Waals surface area contributed by atoms with E-state index in [9.17, 15) is 15.0 Å². The fourth-order valence-electron chi connectivity index (χ4n) is 4.59. The van der Waals surface area contributed by atoms with Crippen molar-refractivity contribution in [2.45, 2.75) is 31.8 Å². The minimum Gasteiger partial charge on any atom is -0.506 e. The molecule has 0 aliphatic carbocycles. The molecular weight excluding hydrogens is 450 g/mol. The van der Waals surface area contributed by atoms with Gasteiger partial charge in [0.15, 0.2) is 0 Å². The van der Waals surface area contributed by atoms with Gasteiger partial charge in [-0.25, -0.2) is 0 Å². The molecule has 1 fully saturated rings. The Kier molecular flexibility index (Phi) is 9.12. The molecule has 1 aromatic heterocycles. The minimum absolute atomic E-state index is 0.0300. The molecule has 2 heterocycles. The van der Waals surface area contributed by atoms with Gasteiger partial charge in [-0.15, -0.1) is 0 Å². The van der Waals surface area contributed by atoms with Gasteiger partial charge in [-0.2, -0.15) is 0 Å². The number of aromatic amines is 1. The van der Waals surface area contributed by atoms with E-state index >= 15 is 0 Å². The zero-order chi connectivity index (χ0) is 23.8. The third-order valence-corrected chi connectivity index (χ3v) is 7.58. The minimum atomic E-state index is -0.724. The van der Waals surface area contributed by atoms with E-state index in [1.807, 2.05) is 6.07 Å². The first-order chi connectivity index (χ1) is 16.6. The van der Waals surface area contributed by atoms with Crippen LogP contribution < -0.4 is 10.2 Å². The third kappa shape index (κ3) is 6.90. The summed E-state index contributed by atoms with van der Waals surface area (Å²) in [5.74, 6) is 0.734. The molecule has 0 amide bonds. The molecule has 1 saturated heterocycles. The maximum atomic E-state index is 11.7. The van der Waals surface area contributed by atoms with Crippen LogP contribution in [0.3, 0.4) is 0 Å². The Morgan fingerprint density at radius 1 is 1.15 bits per heavy atom. The molecule has 3 aromatic rings. The number of phenols is 1. The number of aliphatic hydroxyl groups is 1. The summed E-state index contributed by atoms with van der Waals surface area (Å²) in [4.78, 5) is 16.6. The van der Waals surface area contributed by atoms with E-state index < -0.39 is 6.10 Å². The molecule has 8 heteroatoms. The number of benzene rings is 2. The highest BCUT2D eigenvalue weighted by atomic mass is 32.1. The number of likely N-dealkylation sites (tertiary alicyclic amines) is 1. The maximum Gasteiger partial charge on any atom is 0.305 e. The number of aliphatic hydroxyl groups excluding tert-OH is 1. The second-order valence-electron chi connectivity index (χ2n) is 9.03. The van der Waals surface area contributed by atoms with Crippen molar-refractivity contribution >= 4 is 21.6 Å². The Morgan fingerprint density at radius 3 is 2.74 bits per heavy atom. The first kappa shape index (κ1) is 24.9. The molecule has 0 radical (unpaired) electrons. The summed E-state index contributed by atoms with van der Waals surface area (Å²) in [6, 6.07) is 13.7. The number of ether oxygens (including phenoxy) is 1. The van der Waals surface area contributed by atoms with E-state index in [1.165, 1.54) is 24.5 Å². The summed E-state index contributed by atoms with van der Waals surface area (Å²) < 4.78 is 6.45. The highest BCUT2D eigenvalue weighted by Crippen LogP contribution is 2.31. The number of rotatable bonds is 12. The Labute approximate surface area is 204 Å². The van der Waals surface area contributed by atoms with Crippen molar-refractivity contribution in [3.8, 4) is 5.75 Å². The number of aromatic nitrogens is 1. The van der Waals surface area contributed by atoms with Crippen LogP contribution in [0.25, 0.3) is 10.2 Å². The van der Waals surface area contributed by atoms with Crippen molar-refractivity contribution in [3.63, 3.8) is 0 Å². The smallest absolute Gasteiger partial charge is 0.305 e. The van der Waals surface area contributed by atoms with Crippen LogP contribution in [0, 0.1) is 5.92 Å². The zero-order valence-corrected chi connectivity index (χ0v) is 20.4. The van der Waals surface area contributed by atoms with Gasteiger partial charge >= 0.3 is 4.87 Å². The van der Waals surface area contributed by atoms with Gasteiger partial charge in [-0.3, -0.25) is 4.79 Å². The molecule has 0 spiro atoms. The lowest BCUT2D eigenvalue weighted by molar-refractivity contribution is 0.0889. The van der Waals surface area contributed by atoms with Crippen molar-refractivity contribution in [2.75, 3.05) is 45.9 Å². The molecular formula is C26H35N3O4S. The first-order valence-electron chi connectivity index (χ1n) is 12.2. The lowest BCUT2D eigenvalue weighted by Gasteiger charge is -2.32. The van der Waals surface area contributed by atoms with Crippen LogP contribution in [0.4, 0.5) is 0 Å². The summed E-state index contributed by atoms with van der Waals surface area (Å²) in [5, 5.41) is 23.9. The van der Waals surface area contributed by atoms with Gasteiger partial charge < -0.3 is 30.2 Å². The number of phenolic OH excluding ortho intramolecular Hbond substituents is 1. The van der Waals surface area contributed by atoms with Gasteiger partial charge in [0.25, 0.3) is 0 Å². The maximum absolute atomic E-state index is 11.7. The highest BCUT2D eigenvalue weighted by molar-refractivity contribution is 7.16. The number of hydrogen-bond donors (Lipinski definition) is 4. The van der Waals surface area contributed by atoms with Gasteiger partial charge in [-0.1, -0.05) is 47.7 Å². The fourth-order valence-corrected chi connectivity index (χ4v) is 5.50. The molecule has 0 saturated carbocycles. The summed E-state index contributed by atoms with van der Waals surface area (Å²) in [5.41, 5.74) is 2.39. The number of nitrogens with one attached hydrogen (secondary N) is 2. The monoisotopic (exact) mass is 485 g/mol. The molecule has 0 unspecified atom stereocenters. The summed E-state index contributed by atoms with van der Waals surface area (Å²) >= 11 is 1.02. The number of H-pyrrole nitrogens is 1. The number of nitrogens with zero attached hydrogens (tertiary/aromatic N) is 1. The molecule has 2 aromatic carbocycles. The molecule has 4 rings (SSSR count). The van der Waals surface area contributed by atoms with E-state index in [2.05, 4.69) is 39.5 Å².